The molecule has 0 spiro atoms. The van der Waals surface area contributed by atoms with Crippen molar-refractivity contribution >= 4 is 15.6 Å². The Morgan fingerprint density at radius 2 is 1.83 bits per heavy atom. The molecule has 0 bridgehead atoms. The van der Waals surface area contributed by atoms with Crippen LogP contribution in [0.1, 0.15) is 43.6 Å². The minimum atomic E-state index is -3.31. The van der Waals surface area contributed by atoms with E-state index in [9.17, 15) is 13.2 Å². The van der Waals surface area contributed by atoms with E-state index >= 15 is 0 Å². The molecule has 3 nitrogen and oxygen atoms in total. The zero-order valence-electron chi connectivity index (χ0n) is 11.1. The van der Waals surface area contributed by atoms with E-state index in [1.165, 1.54) is 0 Å². The highest BCUT2D eigenvalue weighted by Gasteiger charge is 2.34. The van der Waals surface area contributed by atoms with Crippen LogP contribution < -0.4 is 0 Å². The fraction of sp³-hybridized carbons (Fsp3) is 0.500. The lowest BCUT2D eigenvalue weighted by molar-refractivity contribution is 0.0933. The maximum atomic E-state index is 12.1. The first-order valence-corrected chi connectivity index (χ1v) is 7.69. The smallest absolute Gasteiger partial charge is 0.179 e. The fourth-order valence-corrected chi connectivity index (χ4v) is 3.98. The van der Waals surface area contributed by atoms with Gasteiger partial charge in [0.2, 0.25) is 0 Å². The number of Topliss-reactive ketones (excluding diaryl/α,β-unsaturated/α-hetero) is 1. The van der Waals surface area contributed by atoms with Crippen LogP contribution in [0.15, 0.2) is 23.1 Å². The average molecular weight is 266 g/mol. The van der Waals surface area contributed by atoms with Gasteiger partial charge in [-0.25, -0.2) is 8.42 Å². The minimum absolute atomic E-state index is 0.0640. The Morgan fingerprint density at radius 1 is 1.22 bits per heavy atom. The lowest BCUT2D eigenvalue weighted by atomic mass is 9.85. The van der Waals surface area contributed by atoms with Crippen molar-refractivity contribution in [3.63, 3.8) is 0 Å². The normalized spacial score (nSPS) is 22.7. The first kappa shape index (κ1) is 13.3. The van der Waals surface area contributed by atoms with Gasteiger partial charge in [0.25, 0.3) is 0 Å². The fourth-order valence-electron chi connectivity index (χ4n) is 2.22. The number of benzene rings is 1. The maximum absolute atomic E-state index is 12.1. The molecule has 4 heteroatoms. The van der Waals surface area contributed by atoms with Gasteiger partial charge in [-0.05, 0) is 23.1 Å². The molecule has 1 aromatic rings. The molecular formula is C14H18O3S. The van der Waals surface area contributed by atoms with Gasteiger partial charge in [-0.2, -0.15) is 0 Å². The molecule has 0 radical (unpaired) electrons. The van der Waals surface area contributed by atoms with Crippen molar-refractivity contribution in [2.24, 2.45) is 5.92 Å². The standard InChI is InChI=1S/C14H18O3S/c1-9-8-18(16,17)12-6-5-10(14(2,3)4)7-11(12)13(9)15/h5-7,9H,8H2,1-4H3. The van der Waals surface area contributed by atoms with Crippen molar-refractivity contribution in [2.45, 2.75) is 38.0 Å². The van der Waals surface area contributed by atoms with Crippen LogP contribution in [0.5, 0.6) is 0 Å². The second-order valence-corrected chi connectivity index (χ2v) is 8.01. The second-order valence-electron chi connectivity index (χ2n) is 6.01. The Labute approximate surface area is 108 Å². The minimum Gasteiger partial charge on any atom is -0.294 e. The van der Waals surface area contributed by atoms with Crippen molar-refractivity contribution in [1.29, 1.82) is 0 Å². The van der Waals surface area contributed by atoms with E-state index in [1.807, 2.05) is 20.8 Å². The lowest BCUT2D eigenvalue weighted by Crippen LogP contribution is -2.30. The number of carbonyl (C=O) groups excluding carboxylic acids is 1. The summed E-state index contributed by atoms with van der Waals surface area (Å²) in [6, 6.07) is 5.12. The summed E-state index contributed by atoms with van der Waals surface area (Å²) in [6.45, 7) is 7.80. The van der Waals surface area contributed by atoms with Gasteiger partial charge >= 0.3 is 0 Å². The van der Waals surface area contributed by atoms with Crippen LogP contribution in [0.2, 0.25) is 0 Å². The number of fused-ring (bicyclic) bond motifs is 1. The Bertz CT molecular complexity index is 606. The molecule has 0 fully saturated rings. The summed E-state index contributed by atoms with van der Waals surface area (Å²) in [7, 11) is -3.31. The third kappa shape index (κ3) is 2.09. The zero-order chi connectivity index (χ0) is 13.7. The summed E-state index contributed by atoms with van der Waals surface area (Å²) >= 11 is 0. The van der Waals surface area contributed by atoms with Gasteiger partial charge in [-0.15, -0.1) is 0 Å². The van der Waals surface area contributed by atoms with Crippen LogP contribution in [0, 0.1) is 5.92 Å². The van der Waals surface area contributed by atoms with Crippen molar-refractivity contribution in [2.75, 3.05) is 5.75 Å². The molecule has 0 saturated heterocycles. The van der Waals surface area contributed by atoms with Gasteiger partial charge in [0.1, 0.15) is 0 Å². The first-order valence-electron chi connectivity index (χ1n) is 6.04. The summed E-state index contributed by atoms with van der Waals surface area (Å²) in [5.74, 6) is -0.586. The van der Waals surface area contributed by atoms with Gasteiger partial charge in [-0.1, -0.05) is 33.8 Å². The van der Waals surface area contributed by atoms with E-state index in [2.05, 4.69) is 0 Å². The lowest BCUT2D eigenvalue weighted by Gasteiger charge is -2.25. The van der Waals surface area contributed by atoms with Crippen LogP contribution in [0.25, 0.3) is 0 Å². The van der Waals surface area contributed by atoms with Crippen LogP contribution >= 0.6 is 0 Å². The number of hydrogen-bond donors (Lipinski definition) is 0. The van der Waals surface area contributed by atoms with Crippen LogP contribution in [0.3, 0.4) is 0 Å². The summed E-state index contributed by atoms with van der Waals surface area (Å²) in [5.41, 5.74) is 1.25. The molecule has 0 saturated carbocycles. The molecule has 1 atom stereocenters. The van der Waals surface area contributed by atoms with Crippen molar-refractivity contribution in [1.82, 2.24) is 0 Å². The molecule has 1 aliphatic heterocycles. The number of sulfone groups is 1. The summed E-state index contributed by atoms with van der Waals surface area (Å²) in [4.78, 5) is 12.3. The Morgan fingerprint density at radius 3 is 2.39 bits per heavy atom. The molecule has 1 heterocycles. The maximum Gasteiger partial charge on any atom is 0.179 e. The Balaban J connectivity index is 2.69. The largest absolute Gasteiger partial charge is 0.294 e. The third-order valence-corrected chi connectivity index (χ3v) is 5.33. The van der Waals surface area contributed by atoms with Gasteiger partial charge in [-0.3, -0.25) is 4.79 Å². The van der Waals surface area contributed by atoms with Crippen LogP contribution in [0.4, 0.5) is 0 Å². The van der Waals surface area contributed by atoms with Crippen molar-refractivity contribution < 1.29 is 13.2 Å². The molecule has 0 N–H and O–H groups in total. The average Bonchev–Trinajstić information content (AvgIpc) is 2.24. The molecular weight excluding hydrogens is 248 g/mol. The number of rotatable bonds is 0. The van der Waals surface area contributed by atoms with Gasteiger partial charge in [0, 0.05) is 11.5 Å². The zero-order valence-corrected chi connectivity index (χ0v) is 12.0. The molecule has 1 aromatic carbocycles. The third-order valence-electron chi connectivity index (χ3n) is 3.36. The highest BCUT2D eigenvalue weighted by atomic mass is 32.2. The number of carbonyl (C=O) groups is 1. The summed E-state index contributed by atoms with van der Waals surface area (Å²) < 4.78 is 24.1. The summed E-state index contributed by atoms with van der Waals surface area (Å²) in [6.07, 6.45) is 0. The Kier molecular flexibility index (Phi) is 2.89. The number of hydrogen-bond acceptors (Lipinski definition) is 3. The van der Waals surface area contributed by atoms with Crippen molar-refractivity contribution in [3.8, 4) is 0 Å². The Hall–Kier alpha value is -1.16. The SMILES string of the molecule is CC1CS(=O)(=O)c2ccc(C(C)(C)C)cc2C1=O. The first-order chi connectivity index (χ1) is 8.13. The van der Waals surface area contributed by atoms with Gasteiger partial charge in [0.05, 0.1) is 10.6 Å². The predicted octanol–water partition coefficient (Wildman–Crippen LogP) is 2.59. The quantitative estimate of drug-likeness (QED) is 0.725. The molecule has 0 aromatic heterocycles. The highest BCUT2D eigenvalue weighted by molar-refractivity contribution is 7.91. The van der Waals surface area contributed by atoms with E-state index in [0.29, 0.717) is 5.56 Å². The molecule has 0 aliphatic carbocycles. The molecule has 2 rings (SSSR count). The van der Waals surface area contributed by atoms with Gasteiger partial charge in [0.15, 0.2) is 15.6 Å². The van der Waals surface area contributed by atoms with Crippen LogP contribution in [-0.2, 0) is 15.3 Å². The van der Waals surface area contributed by atoms with Crippen LogP contribution in [-0.4, -0.2) is 20.0 Å². The van der Waals surface area contributed by atoms with Gasteiger partial charge < -0.3 is 0 Å². The van der Waals surface area contributed by atoms with E-state index in [4.69, 9.17) is 0 Å². The van der Waals surface area contributed by atoms with E-state index in [0.717, 1.165) is 5.56 Å². The topological polar surface area (TPSA) is 51.2 Å². The molecule has 98 valence electrons. The molecule has 1 unspecified atom stereocenters. The molecule has 0 amide bonds. The van der Waals surface area contributed by atoms with E-state index in [-0.39, 0.29) is 21.8 Å². The predicted molar refractivity (Wildman–Crippen MR) is 70.7 cm³/mol. The second kappa shape index (κ2) is 3.92. The molecule has 18 heavy (non-hydrogen) atoms. The van der Waals surface area contributed by atoms with Crippen molar-refractivity contribution in [3.05, 3.63) is 29.3 Å². The molecule has 1 aliphatic rings. The number of ketones is 1. The van der Waals surface area contributed by atoms with E-state index < -0.39 is 15.8 Å². The summed E-state index contributed by atoms with van der Waals surface area (Å²) in [5, 5.41) is 0. The van der Waals surface area contributed by atoms with E-state index in [1.54, 1.807) is 25.1 Å². The monoisotopic (exact) mass is 266 g/mol. The highest BCUT2D eigenvalue weighted by Crippen LogP contribution is 2.32.